The van der Waals surface area contributed by atoms with Crippen LogP contribution in [0.1, 0.15) is 44.6 Å². The van der Waals surface area contributed by atoms with Gasteiger partial charge in [-0.05, 0) is 31.9 Å². The normalized spacial score (nSPS) is 14.2. The average molecular weight is 381 g/mol. The number of amides is 4. The smallest absolute Gasteiger partial charge is 0.334 e. The summed E-state index contributed by atoms with van der Waals surface area (Å²) in [5, 5.41) is 0. The minimum atomic E-state index is -1.04. The van der Waals surface area contributed by atoms with Gasteiger partial charge in [0, 0.05) is 11.3 Å². The van der Waals surface area contributed by atoms with Crippen LogP contribution in [0.2, 0.25) is 0 Å². The van der Waals surface area contributed by atoms with E-state index < -0.39 is 30.2 Å². The van der Waals surface area contributed by atoms with Crippen LogP contribution in [0.3, 0.4) is 0 Å². The molecule has 0 bridgehead atoms. The molecule has 0 unspecified atom stereocenters. The third kappa shape index (κ3) is 3.24. The first-order chi connectivity index (χ1) is 13.2. The topological polar surface area (TPSA) is 108 Å². The maximum absolute atomic E-state index is 12.7. The molecular formula is C20H19N3O5. The largest absolute Gasteiger partial charge is 0.355 e. The number of carbonyl (C=O) groups excluding carboxylic acids is 5. The number of aryl methyl sites for hydroxylation is 1. The first-order valence-electron chi connectivity index (χ1n) is 8.67. The van der Waals surface area contributed by atoms with Crippen molar-refractivity contribution in [2.45, 2.75) is 27.3 Å². The summed E-state index contributed by atoms with van der Waals surface area (Å²) in [6.07, 6.45) is 0. The number of carbonyl (C=O) groups is 5. The van der Waals surface area contributed by atoms with E-state index in [1.807, 2.05) is 0 Å². The van der Waals surface area contributed by atoms with E-state index in [1.165, 1.54) is 6.92 Å². The van der Waals surface area contributed by atoms with E-state index in [2.05, 4.69) is 4.98 Å². The molecule has 144 valence electrons. The van der Waals surface area contributed by atoms with Crippen LogP contribution in [0.5, 0.6) is 0 Å². The molecule has 0 saturated carbocycles. The zero-order valence-electron chi connectivity index (χ0n) is 15.7. The number of hydrogen-bond donors (Lipinski definition) is 1. The number of aromatic amines is 1. The standard InChI is InChI=1S/C20H19N3O5/c1-11-16(13(3)24)12(2)21-17(11)15(25)10-23-19(27)18(26)22(20(23)28)9-14-7-5-4-6-8-14/h4-8,21H,9-10H2,1-3H3. The summed E-state index contributed by atoms with van der Waals surface area (Å²) in [5.74, 6) is -2.75. The number of benzene rings is 1. The number of Topliss-reactive ketones (excluding diaryl/α,β-unsaturated/α-hetero) is 2. The van der Waals surface area contributed by atoms with Crippen molar-refractivity contribution in [3.05, 3.63) is 58.4 Å². The maximum atomic E-state index is 12.7. The second kappa shape index (κ2) is 7.22. The second-order valence-electron chi connectivity index (χ2n) is 6.66. The van der Waals surface area contributed by atoms with Gasteiger partial charge < -0.3 is 4.98 Å². The Morgan fingerprint density at radius 1 is 0.964 bits per heavy atom. The molecule has 1 aromatic carbocycles. The molecule has 1 N–H and O–H groups in total. The van der Waals surface area contributed by atoms with Crippen LogP contribution in [-0.4, -0.2) is 50.7 Å². The van der Waals surface area contributed by atoms with E-state index in [4.69, 9.17) is 0 Å². The number of urea groups is 1. The fourth-order valence-corrected chi connectivity index (χ4v) is 3.37. The second-order valence-corrected chi connectivity index (χ2v) is 6.66. The fourth-order valence-electron chi connectivity index (χ4n) is 3.37. The molecule has 0 aliphatic carbocycles. The highest BCUT2D eigenvalue weighted by Gasteiger charge is 2.45. The number of rotatable bonds is 6. The molecule has 28 heavy (non-hydrogen) atoms. The lowest BCUT2D eigenvalue weighted by atomic mass is 10.1. The van der Waals surface area contributed by atoms with Crippen LogP contribution >= 0.6 is 0 Å². The summed E-state index contributed by atoms with van der Waals surface area (Å²) in [6.45, 7) is 4.05. The molecule has 1 aliphatic rings. The number of hydrogen-bond acceptors (Lipinski definition) is 5. The Bertz CT molecular complexity index is 1010. The van der Waals surface area contributed by atoms with Crippen LogP contribution in [0.25, 0.3) is 0 Å². The van der Waals surface area contributed by atoms with Gasteiger partial charge in [0.25, 0.3) is 0 Å². The van der Waals surface area contributed by atoms with Gasteiger partial charge in [-0.2, -0.15) is 0 Å². The van der Waals surface area contributed by atoms with Gasteiger partial charge in [0.05, 0.1) is 18.8 Å². The van der Waals surface area contributed by atoms with Crippen LogP contribution in [0.4, 0.5) is 4.79 Å². The highest BCUT2D eigenvalue weighted by molar-refractivity contribution is 6.45. The molecule has 1 saturated heterocycles. The van der Waals surface area contributed by atoms with Crippen molar-refractivity contribution >= 4 is 29.4 Å². The van der Waals surface area contributed by atoms with Crippen molar-refractivity contribution in [1.82, 2.24) is 14.8 Å². The van der Waals surface area contributed by atoms with Crippen molar-refractivity contribution in [1.29, 1.82) is 0 Å². The Hall–Kier alpha value is -3.55. The molecule has 0 radical (unpaired) electrons. The Morgan fingerprint density at radius 2 is 1.57 bits per heavy atom. The molecule has 4 amide bonds. The monoisotopic (exact) mass is 381 g/mol. The van der Waals surface area contributed by atoms with Gasteiger partial charge in [0.1, 0.15) is 0 Å². The minimum absolute atomic E-state index is 0.0515. The fraction of sp³-hybridized carbons (Fsp3) is 0.250. The van der Waals surface area contributed by atoms with Crippen molar-refractivity contribution in [2.24, 2.45) is 0 Å². The van der Waals surface area contributed by atoms with E-state index in [1.54, 1.807) is 44.2 Å². The first kappa shape index (κ1) is 19.2. The predicted octanol–water partition coefficient (Wildman–Crippen LogP) is 2.01. The third-order valence-electron chi connectivity index (χ3n) is 4.69. The highest BCUT2D eigenvalue weighted by Crippen LogP contribution is 2.21. The SMILES string of the molecule is CC(=O)c1c(C)[nH]c(C(=O)CN2C(=O)C(=O)N(Cc3ccccc3)C2=O)c1C. The van der Waals surface area contributed by atoms with Gasteiger partial charge in [-0.25, -0.2) is 9.69 Å². The summed E-state index contributed by atoms with van der Waals surface area (Å²) in [4.78, 5) is 65.7. The molecule has 8 heteroatoms. The number of nitrogens with one attached hydrogen (secondary N) is 1. The van der Waals surface area contributed by atoms with E-state index in [0.717, 1.165) is 4.90 Å². The number of ketones is 2. The Balaban J connectivity index is 1.81. The van der Waals surface area contributed by atoms with Crippen molar-refractivity contribution in [3.8, 4) is 0 Å². The molecule has 2 heterocycles. The third-order valence-corrected chi connectivity index (χ3v) is 4.69. The lowest BCUT2D eigenvalue weighted by Gasteiger charge is -2.15. The summed E-state index contributed by atoms with van der Waals surface area (Å²) < 4.78 is 0. The zero-order chi connectivity index (χ0) is 20.6. The molecule has 8 nitrogen and oxygen atoms in total. The molecular weight excluding hydrogens is 362 g/mol. The summed E-state index contributed by atoms with van der Waals surface area (Å²) in [5.41, 5.74) is 2.24. The highest BCUT2D eigenvalue weighted by atomic mass is 16.2. The number of H-pyrrole nitrogens is 1. The minimum Gasteiger partial charge on any atom is -0.355 e. The van der Waals surface area contributed by atoms with Gasteiger partial charge in [0.2, 0.25) is 0 Å². The number of imide groups is 2. The van der Waals surface area contributed by atoms with Crippen LogP contribution in [0, 0.1) is 13.8 Å². The molecule has 1 fully saturated rings. The Labute approximate surface area is 161 Å². The van der Waals surface area contributed by atoms with E-state index in [9.17, 15) is 24.0 Å². The molecule has 3 rings (SSSR count). The Kier molecular flexibility index (Phi) is 4.96. The summed E-state index contributed by atoms with van der Waals surface area (Å²) in [6, 6.07) is 7.93. The van der Waals surface area contributed by atoms with Crippen molar-refractivity contribution in [3.63, 3.8) is 0 Å². The molecule has 0 atom stereocenters. The van der Waals surface area contributed by atoms with Gasteiger partial charge in [-0.15, -0.1) is 0 Å². The van der Waals surface area contributed by atoms with Gasteiger partial charge >= 0.3 is 17.8 Å². The Morgan fingerprint density at radius 3 is 2.14 bits per heavy atom. The summed E-state index contributed by atoms with van der Waals surface area (Å²) >= 11 is 0. The van der Waals surface area contributed by atoms with Crippen LogP contribution in [-0.2, 0) is 16.1 Å². The van der Waals surface area contributed by atoms with Crippen molar-refractivity contribution in [2.75, 3.05) is 6.54 Å². The van der Waals surface area contributed by atoms with E-state index in [0.29, 0.717) is 27.3 Å². The summed E-state index contributed by atoms with van der Waals surface area (Å²) in [7, 11) is 0. The molecule has 1 aliphatic heterocycles. The molecule has 2 aromatic rings. The zero-order valence-corrected chi connectivity index (χ0v) is 15.7. The van der Waals surface area contributed by atoms with Gasteiger partial charge in [-0.3, -0.25) is 24.1 Å². The van der Waals surface area contributed by atoms with Gasteiger partial charge in [0.15, 0.2) is 11.6 Å². The quantitative estimate of drug-likeness (QED) is 0.468. The van der Waals surface area contributed by atoms with E-state index >= 15 is 0 Å². The van der Waals surface area contributed by atoms with E-state index in [-0.39, 0.29) is 18.0 Å². The van der Waals surface area contributed by atoms with Crippen LogP contribution < -0.4 is 0 Å². The van der Waals surface area contributed by atoms with Gasteiger partial charge in [-0.1, -0.05) is 30.3 Å². The number of nitrogens with zero attached hydrogens (tertiary/aromatic N) is 2. The lowest BCUT2D eigenvalue weighted by Crippen LogP contribution is -2.37. The molecule has 1 aromatic heterocycles. The molecule has 0 spiro atoms. The predicted molar refractivity (Wildman–Crippen MR) is 98.7 cm³/mol. The van der Waals surface area contributed by atoms with Crippen LogP contribution in [0.15, 0.2) is 30.3 Å². The number of aromatic nitrogens is 1. The maximum Gasteiger partial charge on any atom is 0.334 e. The average Bonchev–Trinajstić information content (AvgIpc) is 3.06. The lowest BCUT2D eigenvalue weighted by molar-refractivity contribution is -0.143. The first-order valence-corrected chi connectivity index (χ1v) is 8.67. The van der Waals surface area contributed by atoms with Crippen molar-refractivity contribution < 1.29 is 24.0 Å².